The molecule has 0 aliphatic carbocycles. The molecule has 2 rings (SSSR count). The van der Waals surface area contributed by atoms with Crippen LogP contribution in [0.25, 0.3) is 0 Å². The molecule has 0 saturated heterocycles. The molecule has 2 aromatic rings. The molecule has 2 aromatic carbocycles. The van der Waals surface area contributed by atoms with Gasteiger partial charge in [-0.2, -0.15) is 11.8 Å². The minimum atomic E-state index is -1.65. The highest BCUT2D eigenvalue weighted by Gasteiger charge is 2.33. The van der Waals surface area contributed by atoms with Crippen LogP contribution in [0.5, 0.6) is 0 Å². The second kappa shape index (κ2) is 29.5. The van der Waals surface area contributed by atoms with Crippen LogP contribution in [-0.2, 0) is 60.8 Å². The van der Waals surface area contributed by atoms with Gasteiger partial charge in [-0.25, -0.2) is 9.59 Å². The van der Waals surface area contributed by atoms with Crippen LogP contribution in [0.2, 0.25) is 0 Å². The Bertz CT molecular complexity index is 2010. The average Bonchev–Trinajstić information content (AvgIpc) is 3.25. The van der Waals surface area contributed by atoms with Crippen LogP contribution in [0.4, 0.5) is 9.59 Å². The summed E-state index contributed by atoms with van der Waals surface area (Å²) in [6.45, 7) is 12.9. The first kappa shape index (κ1) is 58.7. The minimum absolute atomic E-state index is 0.0235. The van der Waals surface area contributed by atoms with Crippen LogP contribution in [0.15, 0.2) is 60.7 Å². The van der Waals surface area contributed by atoms with E-state index >= 15 is 0 Å². The van der Waals surface area contributed by atoms with Gasteiger partial charge in [-0.1, -0.05) is 74.5 Å². The van der Waals surface area contributed by atoms with E-state index < -0.39 is 108 Å². The van der Waals surface area contributed by atoms with Gasteiger partial charge < -0.3 is 57.2 Å². The molecule has 0 radical (unpaired) electrons. The van der Waals surface area contributed by atoms with Crippen LogP contribution >= 0.6 is 11.8 Å². The largest absolute Gasteiger partial charge is 0.461 e. The van der Waals surface area contributed by atoms with Crippen LogP contribution in [-0.4, -0.2) is 120 Å². The predicted molar refractivity (Wildman–Crippen MR) is 260 cm³/mol. The number of hydrogen-bond donors (Lipinski definition) is 8. The Morgan fingerprint density at radius 1 is 0.609 bits per heavy atom. The van der Waals surface area contributed by atoms with E-state index in [0.717, 1.165) is 0 Å². The van der Waals surface area contributed by atoms with Gasteiger partial charge in [0.25, 0.3) is 0 Å². The summed E-state index contributed by atoms with van der Waals surface area (Å²) >= 11 is 1.46. The molecule has 0 heterocycles. The molecule has 0 fully saturated rings. The maximum absolute atomic E-state index is 14.3. The predicted octanol–water partition coefficient (Wildman–Crippen LogP) is 2.90. The summed E-state index contributed by atoms with van der Waals surface area (Å²) in [5.74, 6) is -5.28. The summed E-state index contributed by atoms with van der Waals surface area (Å²) in [5.41, 5.74) is 5.09. The minimum Gasteiger partial charge on any atom is -0.461 e. The molecule has 8 amide bonds. The summed E-state index contributed by atoms with van der Waals surface area (Å²) < 4.78 is 16.1. The fourth-order valence-corrected chi connectivity index (χ4v) is 6.81. The zero-order chi connectivity index (χ0) is 51.7. The number of ether oxygens (including phenoxy) is 3. The van der Waals surface area contributed by atoms with Crippen molar-refractivity contribution in [1.29, 1.82) is 0 Å². The Kier molecular flexibility index (Phi) is 25.1. The number of rotatable bonds is 27. The van der Waals surface area contributed by atoms with Crippen molar-refractivity contribution >= 4 is 65.4 Å². The Hall–Kier alpha value is -6.38. The Balaban J connectivity index is 2.40. The number of primary amides is 1. The molecule has 21 heteroatoms. The van der Waals surface area contributed by atoms with Crippen LogP contribution in [0.3, 0.4) is 0 Å². The maximum atomic E-state index is 14.3. The summed E-state index contributed by atoms with van der Waals surface area (Å²) in [4.78, 5) is 119. The van der Waals surface area contributed by atoms with Crippen molar-refractivity contribution in [2.45, 2.75) is 142 Å². The van der Waals surface area contributed by atoms with Gasteiger partial charge in [0.05, 0.1) is 13.0 Å². The second-order valence-corrected chi connectivity index (χ2v) is 19.6. The topological polar surface area (TPSA) is 292 Å². The molecule has 0 unspecified atom stereocenters. The third kappa shape index (κ3) is 25.5. The summed E-state index contributed by atoms with van der Waals surface area (Å²) in [6, 6.07) is 10.9. The molecule has 382 valence electrons. The molecule has 0 aromatic heterocycles. The molecule has 20 nitrogen and oxygen atoms in total. The number of nitrogens with two attached hydrogens (primary N) is 1. The third-order valence-corrected chi connectivity index (χ3v) is 10.2. The fraction of sp³-hybridized carbons (Fsp3) is 0.562. The maximum Gasteiger partial charge on any atom is 0.408 e. The lowest BCUT2D eigenvalue weighted by atomic mass is 10.0. The molecule has 69 heavy (non-hydrogen) atoms. The van der Waals surface area contributed by atoms with Gasteiger partial charge >= 0.3 is 18.2 Å². The lowest BCUT2D eigenvalue weighted by Crippen LogP contribution is -2.58. The summed E-state index contributed by atoms with van der Waals surface area (Å²) in [5, 5.41) is 18.0. The second-order valence-electron chi connectivity index (χ2n) is 18.6. The number of carbonyl (C=O) groups excluding carboxylic acids is 9. The quantitative estimate of drug-likeness (QED) is 0.0364. The van der Waals surface area contributed by atoms with Crippen molar-refractivity contribution in [3.63, 3.8) is 0 Å². The van der Waals surface area contributed by atoms with Crippen molar-refractivity contribution in [3.05, 3.63) is 71.8 Å². The normalized spacial score (nSPS) is 13.5. The highest BCUT2D eigenvalue weighted by atomic mass is 32.2. The Labute approximate surface area is 409 Å². The van der Waals surface area contributed by atoms with Gasteiger partial charge in [0.15, 0.2) is 0 Å². The Morgan fingerprint density at radius 3 is 1.71 bits per heavy atom. The van der Waals surface area contributed by atoms with Gasteiger partial charge in [0.2, 0.25) is 35.4 Å². The number of hydrogen-bond acceptors (Lipinski definition) is 13. The van der Waals surface area contributed by atoms with E-state index in [1.54, 1.807) is 102 Å². The third-order valence-electron chi connectivity index (χ3n) is 9.56. The number of esters is 1. The first-order valence-electron chi connectivity index (χ1n) is 22.8. The number of benzene rings is 2. The molecular weight excluding hydrogens is 913 g/mol. The standard InChI is InChI=1S/C48H72N8O12S/c1-30(2)25-35(43(62)53-33(40(49)59)22-24-69-9)52-38(57)28-51-41(60)37(27-39(58)66-29-32-19-14-11-15-20-32)55-44(63)36(26-31-17-12-10-13-18-31)54-42(61)34(56-46(65)68-48(6,7)8)21-16-23-50-45(64)67-47(3,4)5/h10-15,17-20,30,33-37H,16,21-29H2,1-9H3,(H2,49,59)(H,50,64)(H,51,60)(H,52,57)(H,53,62)(H,54,61)(H,55,63)(H,56,65)/t33-,34-,35-,36-,37-/m0/s1. The summed E-state index contributed by atoms with van der Waals surface area (Å²) in [6.07, 6.45) is 0.0365. The van der Waals surface area contributed by atoms with E-state index in [1.807, 2.05) is 20.1 Å². The van der Waals surface area contributed by atoms with Crippen LogP contribution in [0, 0.1) is 5.92 Å². The molecule has 9 N–H and O–H groups in total. The van der Waals surface area contributed by atoms with Crippen LogP contribution < -0.4 is 43.0 Å². The fourth-order valence-electron chi connectivity index (χ4n) is 6.34. The number of alkyl carbamates (subject to hydrolysis) is 2. The van der Waals surface area contributed by atoms with Gasteiger partial charge in [0, 0.05) is 13.0 Å². The lowest BCUT2D eigenvalue weighted by molar-refractivity contribution is -0.147. The van der Waals surface area contributed by atoms with E-state index in [0.29, 0.717) is 16.9 Å². The molecule has 0 aliphatic rings. The summed E-state index contributed by atoms with van der Waals surface area (Å²) in [7, 11) is 0. The van der Waals surface area contributed by atoms with E-state index in [9.17, 15) is 43.2 Å². The lowest BCUT2D eigenvalue weighted by Gasteiger charge is -2.26. The van der Waals surface area contributed by atoms with Crippen molar-refractivity contribution < 1.29 is 57.4 Å². The van der Waals surface area contributed by atoms with Crippen molar-refractivity contribution in [2.75, 3.05) is 25.1 Å². The van der Waals surface area contributed by atoms with Gasteiger partial charge in [-0.05, 0) is 96.3 Å². The van der Waals surface area contributed by atoms with Gasteiger partial charge in [-0.15, -0.1) is 0 Å². The molecule has 0 saturated carbocycles. The average molecular weight is 985 g/mol. The first-order chi connectivity index (χ1) is 32.3. The number of amides is 8. The molecule has 0 aliphatic heterocycles. The zero-order valence-corrected chi connectivity index (χ0v) is 42.0. The van der Waals surface area contributed by atoms with E-state index in [4.69, 9.17) is 19.9 Å². The number of nitrogens with one attached hydrogen (secondary N) is 7. The van der Waals surface area contributed by atoms with Crippen LogP contribution in [0.1, 0.15) is 98.6 Å². The van der Waals surface area contributed by atoms with Gasteiger partial charge in [0.1, 0.15) is 48.0 Å². The van der Waals surface area contributed by atoms with E-state index in [-0.39, 0.29) is 51.2 Å². The molecule has 0 bridgehead atoms. The van der Waals surface area contributed by atoms with Crippen molar-refractivity contribution in [2.24, 2.45) is 11.7 Å². The number of carbonyl (C=O) groups is 9. The highest BCUT2D eigenvalue weighted by Crippen LogP contribution is 2.12. The Morgan fingerprint density at radius 2 is 1.14 bits per heavy atom. The first-order valence-corrected chi connectivity index (χ1v) is 24.2. The van der Waals surface area contributed by atoms with E-state index in [1.165, 1.54) is 11.8 Å². The monoisotopic (exact) mass is 984 g/mol. The van der Waals surface area contributed by atoms with E-state index in [2.05, 4.69) is 37.2 Å². The molecular formula is C48H72N8O12S. The molecule has 0 spiro atoms. The highest BCUT2D eigenvalue weighted by molar-refractivity contribution is 7.98. The van der Waals surface area contributed by atoms with Gasteiger partial charge in [-0.3, -0.25) is 33.6 Å². The van der Waals surface area contributed by atoms with Crippen molar-refractivity contribution in [1.82, 2.24) is 37.2 Å². The van der Waals surface area contributed by atoms with Crippen molar-refractivity contribution in [3.8, 4) is 0 Å². The SMILES string of the molecule is CSCC[C@H](NC(=O)[C@H](CC(C)C)NC(=O)CNC(=O)[C@H](CC(=O)OCc1ccccc1)NC(=O)[C@H](Cc1ccccc1)NC(=O)[C@H](CCCNC(=O)OC(C)(C)C)NC(=O)OC(C)(C)C)C(N)=O. The number of thioether (sulfide) groups is 1. The molecule has 5 atom stereocenters. The smallest absolute Gasteiger partial charge is 0.408 e. The zero-order valence-electron chi connectivity index (χ0n) is 41.2.